The first-order chi connectivity index (χ1) is 8.74. The Labute approximate surface area is 112 Å². The fraction of sp³-hybridized carbons (Fsp3) is 0.571. The molecule has 4 heteroatoms. The van der Waals surface area contributed by atoms with Crippen LogP contribution in [0.5, 0.6) is 5.75 Å². The molecule has 1 aromatic rings. The molecule has 0 bridgehead atoms. The van der Waals surface area contributed by atoms with Gasteiger partial charge in [-0.2, -0.15) is 0 Å². The van der Waals surface area contributed by atoms with E-state index in [1.165, 1.54) is 5.56 Å². The van der Waals surface area contributed by atoms with Crippen LogP contribution < -0.4 is 4.74 Å². The lowest BCUT2D eigenvalue weighted by Crippen LogP contribution is -2.31. The largest absolute Gasteiger partial charge is 0.490 e. The average Bonchev–Trinajstić information content (AvgIpc) is 2.78. The third-order valence-corrected chi connectivity index (χ3v) is 3.94. The molecule has 3 atom stereocenters. The smallest absolute Gasteiger partial charge is 0.123 e. The van der Waals surface area contributed by atoms with Gasteiger partial charge in [-0.1, -0.05) is 12.1 Å². The lowest BCUT2D eigenvalue weighted by atomic mass is 10.0. The molecule has 0 radical (unpaired) electrons. The molecule has 0 aliphatic carbocycles. The highest BCUT2D eigenvalue weighted by Gasteiger charge is 2.27. The molecule has 3 nitrogen and oxygen atoms in total. The summed E-state index contributed by atoms with van der Waals surface area (Å²) in [4.78, 5) is 0. The molecular formula is C14H17ClO3. The molecule has 1 saturated heterocycles. The van der Waals surface area contributed by atoms with Gasteiger partial charge in [0.25, 0.3) is 0 Å². The van der Waals surface area contributed by atoms with Crippen molar-refractivity contribution in [2.75, 3.05) is 19.8 Å². The van der Waals surface area contributed by atoms with Crippen molar-refractivity contribution < 1.29 is 14.2 Å². The Bertz CT molecular complexity index is 429. The Morgan fingerprint density at radius 3 is 3.00 bits per heavy atom. The van der Waals surface area contributed by atoms with Gasteiger partial charge in [0, 0.05) is 6.42 Å². The summed E-state index contributed by atoms with van der Waals surface area (Å²) in [7, 11) is 0. The quantitative estimate of drug-likeness (QED) is 0.772. The van der Waals surface area contributed by atoms with Gasteiger partial charge in [-0.3, -0.25) is 0 Å². The van der Waals surface area contributed by atoms with E-state index in [2.05, 4.69) is 13.0 Å². The standard InChI is InChI=1S/C14H17ClO3/c1-9-6-11-7-10(2-3-12(11)18-9)14(15)13-8-16-4-5-17-13/h2-3,7,9,13-14H,4-6,8H2,1H3. The highest BCUT2D eigenvalue weighted by atomic mass is 35.5. The molecule has 3 rings (SSSR count). The van der Waals surface area contributed by atoms with E-state index in [0.717, 1.165) is 17.7 Å². The number of hydrogen-bond acceptors (Lipinski definition) is 3. The predicted molar refractivity (Wildman–Crippen MR) is 69.4 cm³/mol. The number of ether oxygens (including phenoxy) is 3. The van der Waals surface area contributed by atoms with Gasteiger partial charge in [0.15, 0.2) is 0 Å². The molecule has 0 N–H and O–H groups in total. The van der Waals surface area contributed by atoms with E-state index in [1.54, 1.807) is 0 Å². The van der Waals surface area contributed by atoms with Crippen molar-refractivity contribution in [3.05, 3.63) is 29.3 Å². The minimum Gasteiger partial charge on any atom is -0.490 e. The molecule has 0 aromatic heterocycles. The van der Waals surface area contributed by atoms with E-state index in [1.807, 2.05) is 12.1 Å². The molecule has 1 fully saturated rings. The summed E-state index contributed by atoms with van der Waals surface area (Å²) in [5.41, 5.74) is 2.32. The molecule has 18 heavy (non-hydrogen) atoms. The maximum atomic E-state index is 6.48. The van der Waals surface area contributed by atoms with Gasteiger partial charge in [-0.25, -0.2) is 0 Å². The summed E-state index contributed by atoms with van der Waals surface area (Å²) >= 11 is 6.48. The zero-order valence-corrected chi connectivity index (χ0v) is 11.2. The lowest BCUT2D eigenvalue weighted by molar-refractivity contribution is -0.0892. The summed E-state index contributed by atoms with van der Waals surface area (Å²) < 4.78 is 16.7. The Kier molecular flexibility index (Phi) is 3.46. The van der Waals surface area contributed by atoms with E-state index in [-0.39, 0.29) is 17.6 Å². The predicted octanol–water partition coefficient (Wildman–Crippen LogP) is 2.71. The third kappa shape index (κ3) is 2.35. The van der Waals surface area contributed by atoms with Gasteiger partial charge >= 0.3 is 0 Å². The van der Waals surface area contributed by atoms with Crippen molar-refractivity contribution in [3.8, 4) is 5.75 Å². The van der Waals surface area contributed by atoms with E-state index < -0.39 is 0 Å². The van der Waals surface area contributed by atoms with Crippen LogP contribution in [0.2, 0.25) is 0 Å². The molecule has 0 saturated carbocycles. The fourth-order valence-corrected chi connectivity index (χ4v) is 2.78. The molecule has 0 spiro atoms. The van der Waals surface area contributed by atoms with Gasteiger partial charge in [-0.05, 0) is 24.1 Å². The summed E-state index contributed by atoms with van der Waals surface area (Å²) in [6.07, 6.45) is 1.16. The topological polar surface area (TPSA) is 27.7 Å². The second-order valence-corrected chi connectivity index (χ2v) is 5.36. The minimum atomic E-state index is -0.161. The van der Waals surface area contributed by atoms with Gasteiger partial charge in [-0.15, -0.1) is 11.6 Å². The van der Waals surface area contributed by atoms with Crippen LogP contribution >= 0.6 is 11.6 Å². The lowest BCUT2D eigenvalue weighted by Gasteiger charge is -2.27. The van der Waals surface area contributed by atoms with Crippen LogP contribution in [-0.4, -0.2) is 32.0 Å². The second kappa shape index (κ2) is 5.08. The van der Waals surface area contributed by atoms with Crippen LogP contribution in [0.3, 0.4) is 0 Å². The van der Waals surface area contributed by atoms with Crippen molar-refractivity contribution in [3.63, 3.8) is 0 Å². The fourth-order valence-electron chi connectivity index (χ4n) is 2.50. The van der Waals surface area contributed by atoms with Crippen LogP contribution in [0.15, 0.2) is 18.2 Å². The SMILES string of the molecule is CC1Cc2cc(C(Cl)C3COCCO3)ccc2O1. The summed E-state index contributed by atoms with van der Waals surface area (Å²) in [5.74, 6) is 0.982. The molecule has 1 aromatic carbocycles. The van der Waals surface area contributed by atoms with Crippen molar-refractivity contribution in [1.29, 1.82) is 0 Å². The highest BCUT2D eigenvalue weighted by Crippen LogP contribution is 2.34. The maximum absolute atomic E-state index is 6.48. The summed E-state index contributed by atoms with van der Waals surface area (Å²) in [5, 5.41) is -0.161. The third-order valence-electron chi connectivity index (χ3n) is 3.41. The number of alkyl halides is 1. The first-order valence-electron chi connectivity index (χ1n) is 6.37. The zero-order valence-electron chi connectivity index (χ0n) is 10.4. The van der Waals surface area contributed by atoms with Crippen LogP contribution in [0.4, 0.5) is 0 Å². The number of benzene rings is 1. The molecule has 98 valence electrons. The molecule has 2 aliphatic heterocycles. The highest BCUT2D eigenvalue weighted by molar-refractivity contribution is 6.21. The van der Waals surface area contributed by atoms with Gasteiger partial charge < -0.3 is 14.2 Å². The van der Waals surface area contributed by atoms with E-state index in [4.69, 9.17) is 25.8 Å². The normalized spacial score (nSPS) is 28.6. The number of rotatable bonds is 2. The van der Waals surface area contributed by atoms with Gasteiger partial charge in [0.05, 0.1) is 25.2 Å². The zero-order chi connectivity index (χ0) is 12.5. The molecule has 2 aliphatic rings. The van der Waals surface area contributed by atoms with Gasteiger partial charge in [0.1, 0.15) is 18.0 Å². The Morgan fingerprint density at radius 2 is 2.22 bits per heavy atom. The Morgan fingerprint density at radius 1 is 1.33 bits per heavy atom. The van der Waals surface area contributed by atoms with Crippen LogP contribution in [-0.2, 0) is 15.9 Å². The number of halogens is 1. The second-order valence-electron chi connectivity index (χ2n) is 4.89. The Balaban J connectivity index is 1.78. The van der Waals surface area contributed by atoms with Gasteiger partial charge in [0.2, 0.25) is 0 Å². The minimum absolute atomic E-state index is 0.0572. The maximum Gasteiger partial charge on any atom is 0.123 e. The molecule has 2 heterocycles. The van der Waals surface area contributed by atoms with Crippen LogP contribution in [0, 0.1) is 0 Å². The summed E-state index contributed by atoms with van der Waals surface area (Å²) in [6.45, 7) is 3.93. The first kappa shape index (κ1) is 12.3. The summed E-state index contributed by atoms with van der Waals surface area (Å²) in [6, 6.07) is 6.16. The molecular weight excluding hydrogens is 252 g/mol. The monoisotopic (exact) mass is 268 g/mol. The van der Waals surface area contributed by atoms with E-state index in [9.17, 15) is 0 Å². The van der Waals surface area contributed by atoms with Crippen molar-refractivity contribution in [2.45, 2.75) is 30.9 Å². The Hall–Kier alpha value is -0.770. The number of hydrogen-bond donors (Lipinski definition) is 0. The first-order valence-corrected chi connectivity index (χ1v) is 6.80. The van der Waals surface area contributed by atoms with E-state index >= 15 is 0 Å². The number of fused-ring (bicyclic) bond motifs is 1. The average molecular weight is 269 g/mol. The van der Waals surface area contributed by atoms with Crippen LogP contribution in [0.25, 0.3) is 0 Å². The molecule has 3 unspecified atom stereocenters. The van der Waals surface area contributed by atoms with Crippen LogP contribution in [0.1, 0.15) is 23.4 Å². The van der Waals surface area contributed by atoms with E-state index in [0.29, 0.717) is 19.8 Å². The van der Waals surface area contributed by atoms with Crippen molar-refractivity contribution in [1.82, 2.24) is 0 Å². The van der Waals surface area contributed by atoms with Crippen molar-refractivity contribution >= 4 is 11.6 Å². The molecule has 0 amide bonds. The van der Waals surface area contributed by atoms with Crippen molar-refractivity contribution in [2.24, 2.45) is 0 Å².